The van der Waals surface area contributed by atoms with E-state index in [2.05, 4.69) is 4.99 Å². The first-order valence-corrected chi connectivity index (χ1v) is 12.6. The third kappa shape index (κ3) is 11.7. The summed E-state index contributed by atoms with van der Waals surface area (Å²) in [6.07, 6.45) is 2.58. The van der Waals surface area contributed by atoms with Crippen molar-refractivity contribution >= 4 is 16.1 Å². The summed E-state index contributed by atoms with van der Waals surface area (Å²) in [6, 6.07) is 12.9. The molecule has 3 atom stereocenters. The molecule has 0 aromatic heterocycles. The molecular formula is C24H32N3NaO7S. The van der Waals surface area contributed by atoms with Crippen LogP contribution < -0.4 is 45.8 Å². The summed E-state index contributed by atoms with van der Waals surface area (Å²) in [4.78, 5) is 3.98. The van der Waals surface area contributed by atoms with Crippen molar-refractivity contribution in [1.82, 2.24) is 0 Å². The molecular weight excluding hydrogens is 497 g/mol. The number of nitrogens with two attached hydrogens (primary N) is 2. The van der Waals surface area contributed by atoms with Gasteiger partial charge in [-0.15, -0.1) is 0 Å². The number of aryl methyl sites for hydroxylation is 1. The maximum atomic E-state index is 11.7. The zero-order valence-electron chi connectivity index (χ0n) is 20.2. The SMILES string of the molecule is NC(N)=NC(CCCO)Oc1ccc(CCC(CC=CC(O)c2ccc(O)cc2)S(=O)(=O)[O-])cc1.[Na+]. The van der Waals surface area contributed by atoms with Crippen LogP contribution in [-0.2, 0) is 16.5 Å². The Labute approximate surface area is 233 Å². The molecule has 2 aromatic carbocycles. The molecule has 3 unspecified atom stereocenters. The zero-order chi connectivity index (χ0) is 25.8. The molecule has 0 aliphatic rings. The molecule has 192 valence electrons. The summed E-state index contributed by atoms with van der Waals surface area (Å²) >= 11 is 0. The molecule has 0 amide bonds. The van der Waals surface area contributed by atoms with Gasteiger partial charge in [0.2, 0.25) is 0 Å². The first-order valence-electron chi connectivity index (χ1n) is 11.1. The number of guanidine groups is 1. The molecule has 2 rings (SSSR count). The van der Waals surface area contributed by atoms with Crippen molar-refractivity contribution in [2.75, 3.05) is 6.61 Å². The van der Waals surface area contributed by atoms with Gasteiger partial charge in [-0.1, -0.05) is 36.4 Å². The Morgan fingerprint density at radius 3 is 2.28 bits per heavy atom. The summed E-state index contributed by atoms with van der Waals surface area (Å²) in [5.41, 5.74) is 12.2. The molecule has 10 nitrogen and oxygen atoms in total. The first-order chi connectivity index (χ1) is 16.6. The Balaban J connectivity index is 0.00000648. The predicted molar refractivity (Wildman–Crippen MR) is 132 cm³/mol. The van der Waals surface area contributed by atoms with E-state index in [0.29, 0.717) is 30.6 Å². The predicted octanol–water partition coefficient (Wildman–Crippen LogP) is -1.33. The molecule has 0 fully saturated rings. The van der Waals surface area contributed by atoms with E-state index in [9.17, 15) is 23.2 Å². The standard InChI is InChI=1S/C24H33N3O7S.Na/c25-24(26)27-23(5-2-16-28)34-20-13-6-17(7-14-20)8-15-21(35(31,32)33)3-1-4-22(30)18-9-11-19(29)12-10-18;/h1,4,6-7,9-14,21-23,28-30H,2-3,5,8,15-16H2,(H4,25,26,27)(H,31,32,33);/q;+1/p-1. The molecule has 2 aromatic rings. The van der Waals surface area contributed by atoms with Gasteiger partial charge < -0.3 is 36.1 Å². The number of aliphatic imine (C=N–C) groups is 1. The van der Waals surface area contributed by atoms with Crippen LogP contribution in [0.3, 0.4) is 0 Å². The van der Waals surface area contributed by atoms with Crippen molar-refractivity contribution in [2.24, 2.45) is 16.5 Å². The van der Waals surface area contributed by atoms with E-state index >= 15 is 0 Å². The van der Waals surface area contributed by atoms with Crippen molar-refractivity contribution in [3.05, 3.63) is 71.8 Å². The molecule has 0 radical (unpaired) electrons. The second-order valence-electron chi connectivity index (χ2n) is 7.99. The van der Waals surface area contributed by atoms with Crippen LogP contribution in [0.2, 0.25) is 0 Å². The van der Waals surface area contributed by atoms with E-state index in [-0.39, 0.29) is 60.7 Å². The normalized spacial score (nSPS) is 14.0. The summed E-state index contributed by atoms with van der Waals surface area (Å²) < 4.78 is 40.9. The number of hydrogen-bond acceptors (Lipinski definition) is 8. The first kappa shape index (κ1) is 31.9. The maximum absolute atomic E-state index is 11.7. The van der Waals surface area contributed by atoms with Crippen molar-refractivity contribution in [3.63, 3.8) is 0 Å². The molecule has 0 aliphatic heterocycles. The molecule has 0 saturated carbocycles. The number of aliphatic hydroxyl groups is 2. The van der Waals surface area contributed by atoms with Crippen molar-refractivity contribution in [2.45, 2.75) is 49.7 Å². The van der Waals surface area contributed by atoms with Crippen LogP contribution in [0.4, 0.5) is 0 Å². The Bertz CT molecular complexity index is 1070. The molecule has 7 N–H and O–H groups in total. The van der Waals surface area contributed by atoms with Crippen LogP contribution in [0.15, 0.2) is 65.7 Å². The van der Waals surface area contributed by atoms with Gasteiger partial charge in [-0.25, -0.2) is 13.4 Å². The summed E-state index contributed by atoms with van der Waals surface area (Å²) in [7, 11) is -4.55. The number of rotatable bonds is 14. The van der Waals surface area contributed by atoms with Gasteiger partial charge in [0.1, 0.15) is 11.5 Å². The van der Waals surface area contributed by atoms with Gasteiger partial charge in [0.25, 0.3) is 0 Å². The van der Waals surface area contributed by atoms with Crippen molar-refractivity contribution < 1.29 is 62.6 Å². The average molecular weight is 530 g/mol. The Hall–Kier alpha value is -2.12. The molecule has 0 bridgehead atoms. The van der Waals surface area contributed by atoms with Crippen molar-refractivity contribution in [3.8, 4) is 11.5 Å². The maximum Gasteiger partial charge on any atom is 1.00 e. The van der Waals surface area contributed by atoms with Crippen LogP contribution in [-0.4, -0.2) is 52.3 Å². The van der Waals surface area contributed by atoms with Crippen LogP contribution in [0.1, 0.15) is 42.9 Å². The number of nitrogens with zero attached hydrogens (tertiary/aromatic N) is 1. The van der Waals surface area contributed by atoms with Crippen LogP contribution in [0, 0.1) is 0 Å². The number of phenolic OH excluding ortho intramolecular Hbond substituents is 1. The molecule has 12 heteroatoms. The molecule has 0 aliphatic carbocycles. The Kier molecular flexibility index (Phi) is 14.1. The summed E-state index contributed by atoms with van der Waals surface area (Å²) in [5.74, 6) is 0.442. The van der Waals surface area contributed by atoms with E-state index in [4.69, 9.17) is 21.3 Å². The van der Waals surface area contributed by atoms with Crippen LogP contribution >= 0.6 is 0 Å². The number of allylic oxidation sites excluding steroid dienone is 1. The fourth-order valence-corrected chi connectivity index (χ4v) is 4.08. The number of benzene rings is 2. The van der Waals surface area contributed by atoms with Gasteiger partial charge in [-0.2, -0.15) is 0 Å². The van der Waals surface area contributed by atoms with E-state index < -0.39 is 27.7 Å². The summed E-state index contributed by atoms with van der Waals surface area (Å²) in [6.45, 7) is -0.0203. The van der Waals surface area contributed by atoms with E-state index in [1.165, 1.54) is 24.3 Å². The Morgan fingerprint density at radius 2 is 1.72 bits per heavy atom. The number of aromatic hydroxyl groups is 1. The number of ether oxygens (including phenoxy) is 1. The minimum absolute atomic E-state index is 0. The van der Waals surface area contributed by atoms with Gasteiger partial charge in [-0.05, 0) is 61.1 Å². The molecule has 0 saturated heterocycles. The van der Waals surface area contributed by atoms with Crippen LogP contribution in [0.5, 0.6) is 11.5 Å². The molecule has 0 heterocycles. The third-order valence-corrected chi connectivity index (χ3v) is 6.46. The zero-order valence-corrected chi connectivity index (χ0v) is 23.0. The van der Waals surface area contributed by atoms with Crippen LogP contribution in [0.25, 0.3) is 0 Å². The average Bonchev–Trinajstić information content (AvgIpc) is 2.79. The molecule has 0 spiro atoms. The summed E-state index contributed by atoms with van der Waals surface area (Å²) in [5, 5.41) is 27.3. The topological polar surface area (TPSA) is 192 Å². The monoisotopic (exact) mass is 529 g/mol. The minimum atomic E-state index is -4.55. The van der Waals surface area contributed by atoms with Gasteiger partial charge in [-0.3, -0.25) is 0 Å². The molecule has 36 heavy (non-hydrogen) atoms. The fraction of sp³-hybridized carbons (Fsp3) is 0.375. The number of hydrogen-bond donors (Lipinski definition) is 5. The smallest absolute Gasteiger partial charge is 0.748 e. The second kappa shape index (κ2) is 15.9. The quantitative estimate of drug-likeness (QED) is 0.0649. The van der Waals surface area contributed by atoms with Gasteiger partial charge in [0.05, 0.1) is 21.5 Å². The second-order valence-corrected chi connectivity index (χ2v) is 9.64. The number of phenols is 1. The van der Waals surface area contributed by atoms with E-state index in [0.717, 1.165) is 5.56 Å². The van der Waals surface area contributed by atoms with Gasteiger partial charge in [0.15, 0.2) is 12.2 Å². The Morgan fingerprint density at radius 1 is 1.08 bits per heavy atom. The van der Waals surface area contributed by atoms with Gasteiger partial charge >= 0.3 is 29.6 Å². The minimum Gasteiger partial charge on any atom is -0.748 e. The van der Waals surface area contributed by atoms with E-state index in [1.54, 1.807) is 36.4 Å². The van der Waals surface area contributed by atoms with E-state index in [1.807, 2.05) is 0 Å². The number of aliphatic hydroxyl groups excluding tert-OH is 2. The van der Waals surface area contributed by atoms with Crippen molar-refractivity contribution in [1.29, 1.82) is 0 Å². The largest absolute Gasteiger partial charge is 1.00 e. The van der Waals surface area contributed by atoms with Gasteiger partial charge in [0, 0.05) is 13.0 Å². The third-order valence-electron chi connectivity index (χ3n) is 5.21. The fourth-order valence-electron chi connectivity index (χ4n) is 3.32.